The number of benzene rings is 1. The molecule has 0 radical (unpaired) electrons. The third-order valence-corrected chi connectivity index (χ3v) is 3.47. The molecule has 0 bridgehead atoms. The molecule has 1 aliphatic heterocycles. The van der Waals surface area contributed by atoms with Gasteiger partial charge in [-0.25, -0.2) is 0 Å². The van der Waals surface area contributed by atoms with Crippen LogP contribution in [0.1, 0.15) is 18.4 Å². The van der Waals surface area contributed by atoms with Gasteiger partial charge in [0.15, 0.2) is 0 Å². The molecule has 4 heteroatoms. The Morgan fingerprint density at radius 1 is 1.42 bits per heavy atom. The average Bonchev–Trinajstić information content (AvgIpc) is 2.89. The number of hydrogen-bond acceptors (Lipinski definition) is 3. The second-order valence-electron chi connectivity index (χ2n) is 4.92. The quantitative estimate of drug-likeness (QED) is 0.843. The van der Waals surface area contributed by atoms with Crippen LogP contribution in [-0.4, -0.2) is 43.6 Å². The first-order valence-corrected chi connectivity index (χ1v) is 6.87. The number of likely N-dealkylation sites (tertiary alicyclic amines) is 1. The second kappa shape index (κ2) is 7.26. The zero-order chi connectivity index (χ0) is 13.5. The lowest BCUT2D eigenvalue weighted by molar-refractivity contribution is -0.137. The van der Waals surface area contributed by atoms with Crippen LogP contribution < -0.4 is 5.32 Å². The van der Waals surface area contributed by atoms with Crippen LogP contribution in [0, 0.1) is 0 Å². The lowest BCUT2D eigenvalue weighted by Gasteiger charge is -2.24. The molecule has 0 aromatic heterocycles. The van der Waals surface area contributed by atoms with E-state index in [1.54, 1.807) is 0 Å². The van der Waals surface area contributed by atoms with E-state index in [1.165, 1.54) is 0 Å². The highest BCUT2D eigenvalue weighted by Crippen LogP contribution is 2.16. The van der Waals surface area contributed by atoms with Crippen molar-refractivity contribution in [1.29, 1.82) is 0 Å². The lowest BCUT2D eigenvalue weighted by atomic mass is 10.2. The van der Waals surface area contributed by atoms with E-state index in [9.17, 15) is 4.79 Å². The number of carbonyl (C=O) groups excluding carboxylic acids is 1. The molecule has 1 N–H and O–H groups in total. The predicted molar refractivity (Wildman–Crippen MR) is 74.8 cm³/mol. The van der Waals surface area contributed by atoms with E-state index < -0.39 is 0 Å². The van der Waals surface area contributed by atoms with E-state index in [-0.39, 0.29) is 12.5 Å². The van der Waals surface area contributed by atoms with Gasteiger partial charge < -0.3 is 15.0 Å². The lowest BCUT2D eigenvalue weighted by Crippen LogP contribution is -2.42. The zero-order valence-corrected chi connectivity index (χ0v) is 11.5. The van der Waals surface area contributed by atoms with Crippen molar-refractivity contribution in [2.45, 2.75) is 25.5 Å². The summed E-state index contributed by atoms with van der Waals surface area (Å²) in [5.41, 5.74) is 1.10. The van der Waals surface area contributed by atoms with Gasteiger partial charge in [0, 0.05) is 19.1 Å². The van der Waals surface area contributed by atoms with Crippen molar-refractivity contribution in [3.05, 3.63) is 35.9 Å². The Hall–Kier alpha value is -1.39. The van der Waals surface area contributed by atoms with Crippen molar-refractivity contribution in [2.24, 2.45) is 0 Å². The Morgan fingerprint density at radius 3 is 2.95 bits per heavy atom. The van der Waals surface area contributed by atoms with Crippen LogP contribution in [0.5, 0.6) is 0 Å². The van der Waals surface area contributed by atoms with Gasteiger partial charge in [-0.15, -0.1) is 0 Å². The van der Waals surface area contributed by atoms with Crippen molar-refractivity contribution in [3.8, 4) is 0 Å². The number of ether oxygens (including phenoxy) is 1. The molecule has 1 aliphatic rings. The maximum atomic E-state index is 12.1. The number of rotatable bonds is 6. The van der Waals surface area contributed by atoms with Crippen LogP contribution in [0.25, 0.3) is 0 Å². The summed E-state index contributed by atoms with van der Waals surface area (Å²) in [7, 11) is 1.92. The molecule has 1 amide bonds. The van der Waals surface area contributed by atoms with Crippen molar-refractivity contribution >= 4 is 5.91 Å². The van der Waals surface area contributed by atoms with E-state index in [0.717, 1.165) is 31.5 Å². The van der Waals surface area contributed by atoms with Gasteiger partial charge in [-0.2, -0.15) is 0 Å². The van der Waals surface area contributed by atoms with Crippen molar-refractivity contribution in [1.82, 2.24) is 10.2 Å². The van der Waals surface area contributed by atoms with Crippen LogP contribution in [0.4, 0.5) is 0 Å². The van der Waals surface area contributed by atoms with Gasteiger partial charge in [0.2, 0.25) is 5.91 Å². The fraction of sp³-hybridized carbons (Fsp3) is 0.533. The summed E-state index contributed by atoms with van der Waals surface area (Å²) in [5.74, 6) is 0.105. The molecule has 1 saturated heterocycles. The van der Waals surface area contributed by atoms with Gasteiger partial charge in [0.1, 0.15) is 6.61 Å². The smallest absolute Gasteiger partial charge is 0.248 e. The number of carbonyl (C=O) groups is 1. The van der Waals surface area contributed by atoms with Crippen LogP contribution in [0.2, 0.25) is 0 Å². The molecule has 1 atom stereocenters. The summed E-state index contributed by atoms with van der Waals surface area (Å²) in [6.45, 7) is 2.40. The fourth-order valence-corrected chi connectivity index (χ4v) is 2.53. The van der Waals surface area contributed by atoms with Gasteiger partial charge in [-0.3, -0.25) is 4.79 Å². The summed E-state index contributed by atoms with van der Waals surface area (Å²) in [6.07, 6.45) is 2.18. The molecular formula is C15H22N2O2. The molecular weight excluding hydrogens is 240 g/mol. The minimum absolute atomic E-state index is 0.105. The van der Waals surface area contributed by atoms with Crippen molar-refractivity contribution in [3.63, 3.8) is 0 Å². The zero-order valence-electron chi connectivity index (χ0n) is 11.5. The van der Waals surface area contributed by atoms with Gasteiger partial charge >= 0.3 is 0 Å². The summed E-state index contributed by atoms with van der Waals surface area (Å²) in [6, 6.07) is 10.3. The Labute approximate surface area is 114 Å². The summed E-state index contributed by atoms with van der Waals surface area (Å²) in [5, 5.41) is 3.14. The van der Waals surface area contributed by atoms with Crippen molar-refractivity contribution < 1.29 is 9.53 Å². The molecule has 1 aromatic rings. The summed E-state index contributed by atoms with van der Waals surface area (Å²) in [4.78, 5) is 14.0. The molecule has 1 unspecified atom stereocenters. The van der Waals surface area contributed by atoms with E-state index in [4.69, 9.17) is 4.74 Å². The maximum absolute atomic E-state index is 12.1. The van der Waals surface area contributed by atoms with Crippen molar-refractivity contribution in [2.75, 3.05) is 26.7 Å². The molecule has 0 saturated carbocycles. The molecule has 19 heavy (non-hydrogen) atoms. The minimum Gasteiger partial charge on any atom is -0.367 e. The third kappa shape index (κ3) is 4.04. The maximum Gasteiger partial charge on any atom is 0.248 e. The number of hydrogen-bond donors (Lipinski definition) is 1. The highest BCUT2D eigenvalue weighted by molar-refractivity contribution is 5.78. The van der Waals surface area contributed by atoms with Gasteiger partial charge in [-0.05, 0) is 25.5 Å². The Morgan fingerprint density at radius 2 is 2.21 bits per heavy atom. The summed E-state index contributed by atoms with van der Waals surface area (Å²) < 4.78 is 5.51. The topological polar surface area (TPSA) is 41.6 Å². The first kappa shape index (κ1) is 14.0. The minimum atomic E-state index is 0.105. The highest BCUT2D eigenvalue weighted by atomic mass is 16.5. The molecule has 104 valence electrons. The molecule has 1 fully saturated rings. The highest BCUT2D eigenvalue weighted by Gasteiger charge is 2.27. The van der Waals surface area contributed by atoms with Gasteiger partial charge in [0.05, 0.1) is 6.61 Å². The molecule has 4 nitrogen and oxygen atoms in total. The largest absolute Gasteiger partial charge is 0.367 e. The SMILES string of the molecule is CNCC1CCCN1C(=O)COCc1ccccc1. The molecule has 1 heterocycles. The van der Waals surface area contributed by atoms with Crippen LogP contribution in [-0.2, 0) is 16.1 Å². The van der Waals surface area contributed by atoms with Gasteiger partial charge in [0.25, 0.3) is 0 Å². The first-order valence-electron chi connectivity index (χ1n) is 6.87. The molecule has 2 rings (SSSR count). The van der Waals surface area contributed by atoms with E-state index in [0.29, 0.717) is 12.6 Å². The normalized spacial score (nSPS) is 18.8. The van der Waals surface area contributed by atoms with Gasteiger partial charge in [-0.1, -0.05) is 30.3 Å². The Balaban J connectivity index is 1.75. The third-order valence-electron chi connectivity index (χ3n) is 3.47. The average molecular weight is 262 g/mol. The second-order valence-corrected chi connectivity index (χ2v) is 4.92. The first-order chi connectivity index (χ1) is 9.31. The fourth-order valence-electron chi connectivity index (χ4n) is 2.53. The Kier molecular flexibility index (Phi) is 5.36. The summed E-state index contributed by atoms with van der Waals surface area (Å²) >= 11 is 0. The standard InChI is InChI=1S/C15H22N2O2/c1-16-10-14-8-5-9-17(14)15(18)12-19-11-13-6-3-2-4-7-13/h2-4,6-7,14,16H,5,8-12H2,1H3. The Bertz CT molecular complexity index is 394. The van der Waals surface area contributed by atoms with E-state index in [2.05, 4.69) is 5.32 Å². The molecule has 1 aromatic carbocycles. The van der Waals surface area contributed by atoms with E-state index in [1.807, 2.05) is 42.3 Å². The number of nitrogens with zero attached hydrogens (tertiary/aromatic N) is 1. The van der Waals surface area contributed by atoms with E-state index >= 15 is 0 Å². The predicted octanol–water partition coefficient (Wildman–Crippen LogP) is 1.41. The number of likely N-dealkylation sites (N-methyl/N-ethyl adjacent to an activating group) is 1. The molecule has 0 aliphatic carbocycles. The van der Waals surface area contributed by atoms with Crippen LogP contribution >= 0.6 is 0 Å². The number of amides is 1. The molecule has 0 spiro atoms. The number of nitrogens with one attached hydrogen (secondary N) is 1. The monoisotopic (exact) mass is 262 g/mol. The van der Waals surface area contributed by atoms with Crippen LogP contribution in [0.3, 0.4) is 0 Å². The van der Waals surface area contributed by atoms with Crippen LogP contribution in [0.15, 0.2) is 30.3 Å².